The van der Waals surface area contributed by atoms with Gasteiger partial charge in [0.1, 0.15) is 18.8 Å². The van der Waals surface area contributed by atoms with E-state index in [0.29, 0.717) is 32.2 Å². The Morgan fingerprint density at radius 2 is 1.74 bits per heavy atom. The number of hydrogen-bond donors (Lipinski definition) is 2. The number of nitrogens with zero attached hydrogens (tertiary/aromatic N) is 1. The largest absolute Gasteiger partial charge is 0.479 e. The summed E-state index contributed by atoms with van der Waals surface area (Å²) in [6.07, 6.45) is 1.69. The Kier molecular flexibility index (Phi) is 7.70. The maximum atomic E-state index is 12.6. The maximum Gasteiger partial charge on any atom is 0.407 e. The first kappa shape index (κ1) is 24.7. The summed E-state index contributed by atoms with van der Waals surface area (Å²) in [6, 6.07) is 16.3. The average molecular weight is 481 g/mol. The monoisotopic (exact) mass is 480 g/mol. The van der Waals surface area contributed by atoms with E-state index in [1.165, 1.54) is 16.0 Å². The number of fused-ring (bicyclic) bond motifs is 3. The number of carbonyl (C=O) groups excluding carboxylic acids is 2. The van der Waals surface area contributed by atoms with Gasteiger partial charge in [-0.05, 0) is 41.5 Å². The third kappa shape index (κ3) is 5.03. The summed E-state index contributed by atoms with van der Waals surface area (Å²) in [6.45, 7) is 2.65. The van der Waals surface area contributed by atoms with Crippen LogP contribution in [0.4, 0.5) is 4.79 Å². The van der Waals surface area contributed by atoms with Gasteiger partial charge in [0.15, 0.2) is 0 Å². The highest BCUT2D eigenvalue weighted by Crippen LogP contribution is 2.44. The molecule has 1 heterocycles. The molecule has 1 atom stereocenters. The fourth-order valence-corrected chi connectivity index (χ4v) is 5.36. The summed E-state index contributed by atoms with van der Waals surface area (Å²) in [5.41, 5.74) is 3.49. The van der Waals surface area contributed by atoms with Gasteiger partial charge in [-0.25, -0.2) is 9.59 Å². The second-order valence-electron chi connectivity index (χ2n) is 9.04. The number of rotatable bonds is 10. The Hall–Kier alpha value is -3.39. The van der Waals surface area contributed by atoms with Crippen LogP contribution in [0.3, 0.4) is 0 Å². The number of benzene rings is 2. The molecule has 2 amide bonds. The average Bonchev–Trinajstić information content (AvgIpc) is 3.43. The molecule has 4 rings (SSSR count). The van der Waals surface area contributed by atoms with Crippen molar-refractivity contribution in [2.75, 3.05) is 32.9 Å². The fourth-order valence-electron chi connectivity index (χ4n) is 5.36. The lowest BCUT2D eigenvalue weighted by atomic mass is 9.90. The maximum absolute atomic E-state index is 12.6. The molecule has 1 aliphatic carbocycles. The van der Waals surface area contributed by atoms with Crippen molar-refractivity contribution in [3.8, 4) is 11.1 Å². The molecule has 1 aliphatic heterocycles. The Balaban J connectivity index is 1.20. The van der Waals surface area contributed by atoms with Gasteiger partial charge in [0.25, 0.3) is 0 Å². The lowest BCUT2D eigenvalue weighted by Gasteiger charge is -2.34. The number of carboxylic acids is 1. The van der Waals surface area contributed by atoms with Crippen LogP contribution in [0.25, 0.3) is 11.1 Å². The highest BCUT2D eigenvalue weighted by Gasteiger charge is 2.48. The standard InChI is InChI=1S/C27H32N2O6/c1-2-12-27(25(31)32)13-7-15-29(27)24(30)18-34-16-14-28-26(33)35-17-23-21-10-5-3-8-19(21)20-9-4-6-11-22(20)23/h3-6,8-11,23H,2,7,12-18H2,1H3,(H,28,33)(H,31,32). The molecule has 1 unspecified atom stereocenters. The van der Waals surface area contributed by atoms with Crippen molar-refractivity contribution in [1.82, 2.24) is 10.2 Å². The van der Waals surface area contributed by atoms with Gasteiger partial charge in [-0.3, -0.25) is 4.79 Å². The molecule has 1 saturated heterocycles. The molecule has 2 aromatic rings. The summed E-state index contributed by atoms with van der Waals surface area (Å²) in [4.78, 5) is 38.2. The van der Waals surface area contributed by atoms with Gasteiger partial charge in [0.05, 0.1) is 6.61 Å². The molecule has 0 radical (unpaired) electrons. The van der Waals surface area contributed by atoms with Gasteiger partial charge in [-0.1, -0.05) is 61.9 Å². The number of likely N-dealkylation sites (tertiary alicyclic amines) is 1. The van der Waals surface area contributed by atoms with Crippen LogP contribution in [-0.4, -0.2) is 66.4 Å². The molecular formula is C27H32N2O6. The van der Waals surface area contributed by atoms with Crippen molar-refractivity contribution in [2.24, 2.45) is 0 Å². The topological polar surface area (TPSA) is 105 Å². The molecule has 186 valence electrons. The molecule has 1 fully saturated rings. The van der Waals surface area contributed by atoms with Gasteiger partial charge in [0, 0.05) is 19.0 Å². The van der Waals surface area contributed by atoms with Gasteiger partial charge in [-0.15, -0.1) is 0 Å². The van der Waals surface area contributed by atoms with Gasteiger partial charge < -0.3 is 24.8 Å². The number of hydrogen-bond acceptors (Lipinski definition) is 5. The van der Waals surface area contributed by atoms with Crippen molar-refractivity contribution in [3.63, 3.8) is 0 Å². The quantitative estimate of drug-likeness (QED) is 0.502. The first-order chi connectivity index (χ1) is 17.0. The molecule has 0 spiro atoms. The molecule has 8 nitrogen and oxygen atoms in total. The van der Waals surface area contributed by atoms with Crippen LogP contribution >= 0.6 is 0 Å². The SMILES string of the molecule is CCCC1(C(=O)O)CCCN1C(=O)COCCNC(=O)OCC1c2ccccc2-c2ccccc21. The lowest BCUT2D eigenvalue weighted by molar-refractivity contribution is -0.158. The highest BCUT2D eigenvalue weighted by molar-refractivity contribution is 5.88. The van der Waals surface area contributed by atoms with E-state index in [2.05, 4.69) is 29.6 Å². The van der Waals surface area contributed by atoms with E-state index in [-0.39, 0.29) is 38.2 Å². The number of amides is 2. The van der Waals surface area contributed by atoms with Gasteiger partial charge >= 0.3 is 12.1 Å². The molecule has 0 saturated carbocycles. The Morgan fingerprint density at radius 1 is 1.09 bits per heavy atom. The van der Waals surface area contributed by atoms with E-state index >= 15 is 0 Å². The normalized spacial score (nSPS) is 18.7. The second-order valence-corrected chi connectivity index (χ2v) is 9.04. The number of carbonyl (C=O) groups is 3. The molecule has 0 bridgehead atoms. The van der Waals surface area contributed by atoms with E-state index in [0.717, 1.165) is 11.1 Å². The smallest absolute Gasteiger partial charge is 0.407 e. The Morgan fingerprint density at radius 3 is 2.37 bits per heavy atom. The van der Waals surface area contributed by atoms with Crippen molar-refractivity contribution in [3.05, 3.63) is 59.7 Å². The minimum absolute atomic E-state index is 0.0138. The second kappa shape index (κ2) is 10.9. The van der Waals surface area contributed by atoms with Crippen LogP contribution in [0.2, 0.25) is 0 Å². The third-order valence-electron chi connectivity index (χ3n) is 6.94. The molecule has 8 heteroatoms. The van der Waals surface area contributed by atoms with Crippen LogP contribution in [0.1, 0.15) is 49.7 Å². The van der Waals surface area contributed by atoms with E-state index in [1.807, 2.05) is 31.2 Å². The van der Waals surface area contributed by atoms with Crippen molar-refractivity contribution < 1.29 is 29.0 Å². The molecule has 2 aliphatic rings. The highest BCUT2D eigenvalue weighted by atomic mass is 16.5. The van der Waals surface area contributed by atoms with Crippen molar-refractivity contribution in [1.29, 1.82) is 0 Å². The summed E-state index contributed by atoms with van der Waals surface area (Å²) in [5.74, 6) is -1.30. The van der Waals surface area contributed by atoms with Gasteiger partial charge in [-0.2, -0.15) is 0 Å². The van der Waals surface area contributed by atoms with Crippen molar-refractivity contribution >= 4 is 18.0 Å². The number of alkyl carbamates (subject to hydrolysis) is 1. The van der Waals surface area contributed by atoms with Crippen LogP contribution in [-0.2, 0) is 19.1 Å². The van der Waals surface area contributed by atoms with E-state index in [4.69, 9.17) is 9.47 Å². The molecule has 35 heavy (non-hydrogen) atoms. The number of carboxylic acid groups (broad SMARTS) is 1. The van der Waals surface area contributed by atoms with E-state index < -0.39 is 17.6 Å². The summed E-state index contributed by atoms with van der Waals surface area (Å²) in [5, 5.41) is 12.4. The number of ether oxygens (including phenoxy) is 2. The predicted octanol–water partition coefficient (Wildman–Crippen LogP) is 3.79. The Labute approximate surface area is 205 Å². The zero-order chi connectivity index (χ0) is 24.8. The third-order valence-corrected chi connectivity index (χ3v) is 6.94. The van der Waals surface area contributed by atoms with E-state index in [1.54, 1.807) is 0 Å². The first-order valence-electron chi connectivity index (χ1n) is 12.2. The van der Waals surface area contributed by atoms with Crippen LogP contribution in [0, 0.1) is 0 Å². The lowest BCUT2D eigenvalue weighted by Crippen LogP contribution is -2.54. The Bertz CT molecular complexity index is 1040. The molecule has 2 aromatic carbocycles. The number of nitrogens with one attached hydrogen (secondary N) is 1. The van der Waals surface area contributed by atoms with Crippen LogP contribution < -0.4 is 5.32 Å². The van der Waals surface area contributed by atoms with E-state index in [9.17, 15) is 19.5 Å². The molecule has 0 aromatic heterocycles. The number of aliphatic carboxylic acids is 1. The minimum Gasteiger partial charge on any atom is -0.479 e. The fraction of sp³-hybridized carbons (Fsp3) is 0.444. The van der Waals surface area contributed by atoms with Crippen molar-refractivity contribution in [2.45, 2.75) is 44.1 Å². The summed E-state index contributed by atoms with van der Waals surface area (Å²) in [7, 11) is 0. The predicted molar refractivity (Wildman–Crippen MR) is 130 cm³/mol. The summed E-state index contributed by atoms with van der Waals surface area (Å²) >= 11 is 0. The summed E-state index contributed by atoms with van der Waals surface area (Å²) < 4.78 is 10.9. The zero-order valence-corrected chi connectivity index (χ0v) is 20.0. The van der Waals surface area contributed by atoms with Gasteiger partial charge in [0.2, 0.25) is 5.91 Å². The minimum atomic E-state index is -1.13. The first-order valence-corrected chi connectivity index (χ1v) is 12.2. The van der Waals surface area contributed by atoms with Crippen LogP contribution in [0.5, 0.6) is 0 Å². The molecule has 2 N–H and O–H groups in total. The molecular weight excluding hydrogens is 448 g/mol. The zero-order valence-electron chi connectivity index (χ0n) is 20.0. The van der Waals surface area contributed by atoms with Crippen LogP contribution in [0.15, 0.2) is 48.5 Å².